The quantitative estimate of drug-likeness (QED) is 0.490. The van der Waals surface area contributed by atoms with Gasteiger partial charge in [0, 0.05) is 18.7 Å². The maximum Gasteiger partial charge on any atom is 0.417 e. The summed E-state index contributed by atoms with van der Waals surface area (Å²) in [7, 11) is 0. The Balaban J connectivity index is 1.75. The molecule has 0 saturated carbocycles. The van der Waals surface area contributed by atoms with Gasteiger partial charge in [0.2, 0.25) is 5.88 Å². The van der Waals surface area contributed by atoms with Crippen LogP contribution in [0.5, 0.6) is 17.4 Å². The third-order valence-corrected chi connectivity index (χ3v) is 3.49. The zero-order valence-corrected chi connectivity index (χ0v) is 15.5. The minimum Gasteiger partial charge on any atom is -0.490 e. The SMILES string of the molecule is FC(F)(F)c1ccc(OCCCOc2ccccc2OCC=C(Cl)Cl)nc1. The molecule has 0 aliphatic rings. The molecule has 0 aliphatic heterocycles. The van der Waals surface area contributed by atoms with Crippen LogP contribution < -0.4 is 14.2 Å². The largest absolute Gasteiger partial charge is 0.490 e. The van der Waals surface area contributed by atoms with E-state index in [4.69, 9.17) is 37.4 Å². The van der Waals surface area contributed by atoms with Crippen LogP contribution in [0.2, 0.25) is 0 Å². The van der Waals surface area contributed by atoms with Crippen molar-refractivity contribution in [2.45, 2.75) is 12.6 Å². The van der Waals surface area contributed by atoms with Crippen molar-refractivity contribution >= 4 is 23.2 Å². The van der Waals surface area contributed by atoms with Gasteiger partial charge in [-0.1, -0.05) is 35.3 Å². The topological polar surface area (TPSA) is 40.6 Å². The molecule has 9 heteroatoms. The molecule has 27 heavy (non-hydrogen) atoms. The maximum absolute atomic E-state index is 12.5. The van der Waals surface area contributed by atoms with Crippen LogP contribution in [0.3, 0.4) is 0 Å². The van der Waals surface area contributed by atoms with E-state index in [9.17, 15) is 13.2 Å². The molecule has 0 spiro atoms. The number of benzene rings is 1. The average Bonchev–Trinajstić information content (AvgIpc) is 2.62. The molecule has 0 atom stereocenters. The Morgan fingerprint density at radius 2 is 1.63 bits per heavy atom. The van der Waals surface area contributed by atoms with E-state index in [1.165, 1.54) is 12.1 Å². The van der Waals surface area contributed by atoms with Gasteiger partial charge in [0.15, 0.2) is 11.5 Å². The van der Waals surface area contributed by atoms with Crippen molar-refractivity contribution in [3.8, 4) is 17.4 Å². The molecule has 1 aromatic carbocycles. The highest BCUT2D eigenvalue weighted by molar-refractivity contribution is 6.55. The summed E-state index contributed by atoms with van der Waals surface area (Å²) >= 11 is 11.0. The Bertz CT molecular complexity index is 748. The second-order valence-electron chi connectivity index (χ2n) is 5.18. The van der Waals surface area contributed by atoms with Gasteiger partial charge < -0.3 is 14.2 Å². The summed E-state index contributed by atoms with van der Waals surface area (Å²) < 4.78 is 53.9. The number of nitrogens with zero attached hydrogens (tertiary/aromatic N) is 1. The zero-order chi connectivity index (χ0) is 19.7. The maximum atomic E-state index is 12.5. The molecule has 0 radical (unpaired) electrons. The van der Waals surface area contributed by atoms with Gasteiger partial charge in [-0.3, -0.25) is 0 Å². The highest BCUT2D eigenvalue weighted by Gasteiger charge is 2.30. The Kier molecular flexibility index (Phi) is 8.06. The van der Waals surface area contributed by atoms with E-state index in [2.05, 4.69) is 4.98 Å². The number of ether oxygens (including phenoxy) is 3. The Morgan fingerprint density at radius 3 is 2.22 bits per heavy atom. The molecular weight excluding hydrogens is 406 g/mol. The molecule has 0 unspecified atom stereocenters. The van der Waals surface area contributed by atoms with Gasteiger partial charge in [-0.05, 0) is 24.3 Å². The lowest BCUT2D eigenvalue weighted by molar-refractivity contribution is -0.137. The second-order valence-corrected chi connectivity index (χ2v) is 6.19. The molecule has 2 rings (SSSR count). The first kappa shape index (κ1) is 21.2. The van der Waals surface area contributed by atoms with E-state index in [-0.39, 0.29) is 23.6 Å². The fourth-order valence-electron chi connectivity index (χ4n) is 1.93. The molecule has 0 amide bonds. The third-order valence-electron chi connectivity index (χ3n) is 3.19. The third kappa shape index (κ3) is 7.56. The normalized spacial score (nSPS) is 11.0. The first-order chi connectivity index (χ1) is 12.9. The molecule has 0 fully saturated rings. The lowest BCUT2D eigenvalue weighted by atomic mass is 10.3. The summed E-state index contributed by atoms with van der Waals surface area (Å²) in [5, 5.41) is 0. The van der Waals surface area contributed by atoms with E-state index in [1.807, 2.05) is 0 Å². The van der Waals surface area contributed by atoms with Crippen LogP contribution in [0.4, 0.5) is 13.2 Å². The molecule has 0 N–H and O–H groups in total. The molecule has 2 aromatic rings. The molecule has 1 heterocycles. The lowest BCUT2D eigenvalue weighted by Gasteiger charge is -2.12. The van der Waals surface area contributed by atoms with Crippen molar-refractivity contribution in [1.29, 1.82) is 0 Å². The summed E-state index contributed by atoms with van der Waals surface area (Å²) in [5.41, 5.74) is -0.819. The monoisotopic (exact) mass is 421 g/mol. The van der Waals surface area contributed by atoms with E-state index < -0.39 is 11.7 Å². The number of hydrogen-bond acceptors (Lipinski definition) is 4. The smallest absolute Gasteiger partial charge is 0.417 e. The number of hydrogen-bond donors (Lipinski definition) is 0. The molecule has 4 nitrogen and oxygen atoms in total. The number of halogens is 5. The van der Waals surface area contributed by atoms with E-state index in [0.29, 0.717) is 24.5 Å². The molecule has 146 valence electrons. The predicted octanol–water partition coefficient (Wildman–Crippen LogP) is 5.65. The van der Waals surface area contributed by atoms with Gasteiger partial charge in [-0.15, -0.1) is 0 Å². The van der Waals surface area contributed by atoms with Gasteiger partial charge in [0.25, 0.3) is 0 Å². The van der Waals surface area contributed by atoms with Crippen LogP contribution >= 0.6 is 23.2 Å². The predicted molar refractivity (Wildman–Crippen MR) is 96.6 cm³/mol. The number of para-hydroxylation sites is 2. The number of rotatable bonds is 9. The first-order valence-electron chi connectivity index (χ1n) is 7.88. The first-order valence-corrected chi connectivity index (χ1v) is 8.63. The molecule has 0 bridgehead atoms. The molecule has 1 aromatic heterocycles. The fourth-order valence-corrected chi connectivity index (χ4v) is 2.06. The number of aromatic nitrogens is 1. The van der Waals surface area contributed by atoms with Crippen LogP contribution in [-0.2, 0) is 6.18 Å². The summed E-state index contributed by atoms with van der Waals surface area (Å²) in [4.78, 5) is 3.63. The van der Waals surface area contributed by atoms with Crippen molar-refractivity contribution in [2.75, 3.05) is 19.8 Å². The van der Waals surface area contributed by atoms with Crippen LogP contribution in [0.25, 0.3) is 0 Å². The van der Waals surface area contributed by atoms with Gasteiger partial charge in [0.05, 0.1) is 18.8 Å². The van der Waals surface area contributed by atoms with Crippen LogP contribution in [0.1, 0.15) is 12.0 Å². The van der Waals surface area contributed by atoms with Gasteiger partial charge in [-0.25, -0.2) is 4.98 Å². The van der Waals surface area contributed by atoms with Crippen LogP contribution in [0.15, 0.2) is 53.2 Å². The van der Waals surface area contributed by atoms with Gasteiger partial charge in [-0.2, -0.15) is 13.2 Å². The van der Waals surface area contributed by atoms with Crippen LogP contribution in [0, 0.1) is 0 Å². The highest BCUT2D eigenvalue weighted by atomic mass is 35.5. The molecular formula is C18H16Cl2F3NO3. The van der Waals surface area contributed by atoms with Gasteiger partial charge in [0.1, 0.15) is 11.1 Å². The minimum atomic E-state index is -4.42. The second kappa shape index (κ2) is 10.3. The van der Waals surface area contributed by atoms with E-state index in [1.54, 1.807) is 24.3 Å². The summed E-state index contributed by atoms with van der Waals surface area (Å²) in [6, 6.07) is 9.20. The van der Waals surface area contributed by atoms with Gasteiger partial charge >= 0.3 is 6.18 Å². The average molecular weight is 422 g/mol. The number of alkyl halides is 3. The van der Waals surface area contributed by atoms with E-state index >= 15 is 0 Å². The van der Waals surface area contributed by atoms with Crippen molar-refractivity contribution in [2.24, 2.45) is 0 Å². The number of pyridine rings is 1. The van der Waals surface area contributed by atoms with Crippen LogP contribution in [-0.4, -0.2) is 24.8 Å². The Morgan fingerprint density at radius 1 is 0.963 bits per heavy atom. The Labute approximate surface area is 164 Å². The standard InChI is InChI=1S/C18H16Cl2F3NO3/c19-16(20)8-11-26-15-5-2-1-4-14(15)25-9-3-10-27-17-7-6-13(12-24-17)18(21,22)23/h1-2,4-8,12H,3,9-11H2. The Hall–Kier alpha value is -2.12. The summed E-state index contributed by atoms with van der Waals surface area (Å²) in [6.07, 6.45) is -1.67. The van der Waals surface area contributed by atoms with E-state index in [0.717, 1.165) is 12.3 Å². The fraction of sp³-hybridized carbons (Fsp3) is 0.278. The highest BCUT2D eigenvalue weighted by Crippen LogP contribution is 2.29. The molecule has 0 aliphatic carbocycles. The summed E-state index contributed by atoms with van der Waals surface area (Å²) in [5.74, 6) is 1.20. The lowest BCUT2D eigenvalue weighted by Crippen LogP contribution is -2.08. The van der Waals surface area contributed by atoms with Crippen molar-refractivity contribution in [3.63, 3.8) is 0 Å². The molecule has 0 saturated heterocycles. The minimum absolute atomic E-state index is 0.113. The summed E-state index contributed by atoms with van der Waals surface area (Å²) in [6.45, 7) is 0.768. The zero-order valence-electron chi connectivity index (χ0n) is 14.0. The van der Waals surface area contributed by atoms with Crippen molar-refractivity contribution in [3.05, 3.63) is 58.7 Å². The van der Waals surface area contributed by atoms with Crippen molar-refractivity contribution < 1.29 is 27.4 Å². The van der Waals surface area contributed by atoms with Crippen molar-refractivity contribution in [1.82, 2.24) is 4.98 Å².